The Labute approximate surface area is 154 Å². The molecule has 2 aliphatic heterocycles. The molecule has 3 heteroatoms. The molecule has 0 aromatic rings. The molecule has 0 aromatic heterocycles. The molecule has 25 heavy (non-hydrogen) atoms. The van der Waals surface area contributed by atoms with E-state index in [4.69, 9.17) is 0 Å². The Kier molecular flexibility index (Phi) is 4.63. The third kappa shape index (κ3) is 3.41. The van der Waals surface area contributed by atoms with Crippen molar-refractivity contribution in [2.75, 3.05) is 39.3 Å². The summed E-state index contributed by atoms with van der Waals surface area (Å²) < 4.78 is 0. The molecular formula is C22H38N2O. The number of piperidine rings is 1. The van der Waals surface area contributed by atoms with Gasteiger partial charge in [-0.05, 0) is 113 Å². The topological polar surface area (TPSA) is 26.7 Å². The van der Waals surface area contributed by atoms with Crippen LogP contribution < -0.4 is 0 Å². The van der Waals surface area contributed by atoms with Crippen LogP contribution in [0.15, 0.2) is 0 Å². The van der Waals surface area contributed by atoms with E-state index in [1.54, 1.807) is 38.5 Å². The van der Waals surface area contributed by atoms with Gasteiger partial charge in [-0.25, -0.2) is 0 Å². The molecule has 1 unspecified atom stereocenters. The van der Waals surface area contributed by atoms with Gasteiger partial charge in [-0.3, -0.25) is 4.90 Å². The summed E-state index contributed by atoms with van der Waals surface area (Å²) in [4.78, 5) is 5.43. The molecule has 4 saturated carbocycles. The molecule has 0 radical (unpaired) electrons. The van der Waals surface area contributed by atoms with Gasteiger partial charge < -0.3 is 10.0 Å². The van der Waals surface area contributed by atoms with Crippen molar-refractivity contribution in [3.63, 3.8) is 0 Å². The zero-order valence-corrected chi connectivity index (χ0v) is 16.0. The lowest BCUT2D eigenvalue weighted by Gasteiger charge is -2.58. The molecule has 6 fully saturated rings. The monoisotopic (exact) mass is 346 g/mol. The quantitative estimate of drug-likeness (QED) is 0.827. The van der Waals surface area contributed by atoms with Crippen LogP contribution in [0.1, 0.15) is 64.2 Å². The SMILES string of the molecule is OCC1CCCN1CC1CCN(CC23CC4CC(CC(C4)C2)C3)CC1. The highest BCUT2D eigenvalue weighted by Gasteiger charge is 2.51. The van der Waals surface area contributed by atoms with Crippen LogP contribution in [0.5, 0.6) is 0 Å². The minimum Gasteiger partial charge on any atom is -0.395 e. The summed E-state index contributed by atoms with van der Waals surface area (Å²) in [6.45, 7) is 6.93. The summed E-state index contributed by atoms with van der Waals surface area (Å²) >= 11 is 0. The van der Waals surface area contributed by atoms with Crippen LogP contribution in [-0.4, -0.2) is 60.3 Å². The number of hydrogen-bond acceptors (Lipinski definition) is 3. The van der Waals surface area contributed by atoms with Crippen LogP contribution in [0.2, 0.25) is 0 Å². The second kappa shape index (κ2) is 6.80. The third-order valence-electron chi connectivity index (χ3n) is 8.63. The highest BCUT2D eigenvalue weighted by atomic mass is 16.3. The number of hydrogen-bond donors (Lipinski definition) is 1. The molecule has 6 aliphatic rings. The van der Waals surface area contributed by atoms with Crippen molar-refractivity contribution in [1.29, 1.82) is 0 Å². The van der Waals surface area contributed by atoms with Crippen molar-refractivity contribution >= 4 is 0 Å². The number of likely N-dealkylation sites (tertiary alicyclic amines) is 2. The first-order chi connectivity index (χ1) is 12.2. The van der Waals surface area contributed by atoms with Gasteiger partial charge in [0, 0.05) is 19.1 Å². The minimum atomic E-state index is 0.366. The molecule has 2 heterocycles. The van der Waals surface area contributed by atoms with Crippen LogP contribution in [0.4, 0.5) is 0 Å². The molecule has 0 spiro atoms. The van der Waals surface area contributed by atoms with Crippen LogP contribution in [0.25, 0.3) is 0 Å². The van der Waals surface area contributed by atoms with Crippen molar-refractivity contribution in [3.8, 4) is 0 Å². The lowest BCUT2D eigenvalue weighted by atomic mass is 9.49. The van der Waals surface area contributed by atoms with Crippen LogP contribution >= 0.6 is 0 Å². The Balaban J connectivity index is 1.12. The van der Waals surface area contributed by atoms with Crippen molar-refractivity contribution in [3.05, 3.63) is 0 Å². The summed E-state index contributed by atoms with van der Waals surface area (Å²) in [6.07, 6.45) is 14.7. The largest absolute Gasteiger partial charge is 0.395 e. The van der Waals surface area contributed by atoms with Gasteiger partial charge in [-0.2, -0.15) is 0 Å². The highest BCUT2D eigenvalue weighted by Crippen LogP contribution is 2.60. The van der Waals surface area contributed by atoms with Gasteiger partial charge in [0.1, 0.15) is 0 Å². The highest BCUT2D eigenvalue weighted by molar-refractivity contribution is 5.02. The summed E-state index contributed by atoms with van der Waals surface area (Å²) in [5.41, 5.74) is 0.721. The van der Waals surface area contributed by atoms with Gasteiger partial charge in [0.05, 0.1) is 6.61 Å². The summed E-state index contributed by atoms with van der Waals surface area (Å²) in [5, 5.41) is 9.55. The fraction of sp³-hybridized carbons (Fsp3) is 1.00. The summed E-state index contributed by atoms with van der Waals surface area (Å²) in [6, 6.07) is 0.463. The summed E-state index contributed by atoms with van der Waals surface area (Å²) in [5.74, 6) is 4.15. The average molecular weight is 347 g/mol. The van der Waals surface area contributed by atoms with E-state index in [9.17, 15) is 5.11 Å². The second-order valence-electron chi connectivity index (χ2n) is 10.6. The smallest absolute Gasteiger partial charge is 0.0586 e. The fourth-order valence-electron chi connectivity index (χ4n) is 7.96. The van der Waals surface area contributed by atoms with Crippen molar-refractivity contribution < 1.29 is 5.11 Å². The standard InChI is InChI=1S/C22H38N2O/c25-15-21-2-1-5-24(21)14-17-3-6-23(7-4-17)16-22-11-18-8-19(12-22)10-20(9-18)13-22/h17-21,25H,1-16H2. The predicted octanol–water partition coefficient (Wildman–Crippen LogP) is 3.37. The van der Waals surface area contributed by atoms with Gasteiger partial charge in [0.15, 0.2) is 0 Å². The Morgan fingerprint density at radius 1 is 0.840 bits per heavy atom. The Morgan fingerprint density at radius 3 is 2.08 bits per heavy atom. The Hall–Kier alpha value is -0.120. The predicted molar refractivity (Wildman–Crippen MR) is 101 cm³/mol. The summed E-state index contributed by atoms with van der Waals surface area (Å²) in [7, 11) is 0. The van der Waals surface area contributed by atoms with Gasteiger partial charge in [0.2, 0.25) is 0 Å². The second-order valence-corrected chi connectivity index (χ2v) is 10.6. The van der Waals surface area contributed by atoms with Crippen LogP contribution in [0.3, 0.4) is 0 Å². The van der Waals surface area contributed by atoms with E-state index < -0.39 is 0 Å². The molecule has 0 amide bonds. The number of aliphatic hydroxyl groups excluding tert-OH is 1. The molecule has 0 aromatic carbocycles. The van der Waals surface area contributed by atoms with Gasteiger partial charge in [0.25, 0.3) is 0 Å². The van der Waals surface area contributed by atoms with Gasteiger partial charge >= 0.3 is 0 Å². The normalized spacial score (nSPS) is 45.5. The van der Waals surface area contributed by atoms with E-state index in [0.29, 0.717) is 12.6 Å². The van der Waals surface area contributed by atoms with Crippen molar-refractivity contribution in [2.24, 2.45) is 29.1 Å². The Morgan fingerprint density at radius 2 is 1.48 bits per heavy atom. The molecule has 1 atom stereocenters. The van der Waals surface area contributed by atoms with Crippen molar-refractivity contribution in [2.45, 2.75) is 70.3 Å². The lowest BCUT2D eigenvalue weighted by molar-refractivity contribution is -0.0728. The molecular weight excluding hydrogens is 308 g/mol. The van der Waals surface area contributed by atoms with E-state index in [2.05, 4.69) is 9.80 Å². The van der Waals surface area contributed by atoms with Crippen LogP contribution in [0, 0.1) is 29.1 Å². The molecule has 4 aliphatic carbocycles. The Bertz CT molecular complexity index is 435. The molecule has 3 nitrogen and oxygen atoms in total. The van der Waals surface area contributed by atoms with E-state index in [1.807, 2.05) is 0 Å². The first-order valence-corrected chi connectivity index (χ1v) is 11.3. The molecule has 1 N–H and O–H groups in total. The van der Waals surface area contributed by atoms with E-state index in [0.717, 1.165) is 29.1 Å². The zero-order valence-electron chi connectivity index (χ0n) is 16.0. The fourth-order valence-corrected chi connectivity index (χ4v) is 7.96. The van der Waals surface area contributed by atoms with Crippen molar-refractivity contribution in [1.82, 2.24) is 9.80 Å². The van der Waals surface area contributed by atoms with Crippen LogP contribution in [-0.2, 0) is 0 Å². The van der Waals surface area contributed by atoms with E-state index in [1.165, 1.54) is 58.4 Å². The molecule has 6 rings (SSSR count). The molecule has 4 bridgehead atoms. The number of nitrogens with zero attached hydrogens (tertiary/aromatic N) is 2. The minimum absolute atomic E-state index is 0.366. The number of rotatable bonds is 5. The maximum atomic E-state index is 9.55. The van der Waals surface area contributed by atoms with E-state index in [-0.39, 0.29) is 0 Å². The third-order valence-corrected chi connectivity index (χ3v) is 8.63. The average Bonchev–Trinajstić information content (AvgIpc) is 3.02. The number of aliphatic hydroxyl groups is 1. The molecule has 2 saturated heterocycles. The molecule has 142 valence electrons. The maximum absolute atomic E-state index is 9.55. The van der Waals surface area contributed by atoms with E-state index >= 15 is 0 Å². The zero-order chi connectivity index (χ0) is 16.9. The van der Waals surface area contributed by atoms with Gasteiger partial charge in [-0.15, -0.1) is 0 Å². The first kappa shape index (κ1) is 17.0. The first-order valence-electron chi connectivity index (χ1n) is 11.3. The maximum Gasteiger partial charge on any atom is 0.0586 e. The lowest BCUT2D eigenvalue weighted by Crippen LogP contribution is -2.52. The van der Waals surface area contributed by atoms with Gasteiger partial charge in [-0.1, -0.05) is 0 Å².